The van der Waals surface area contributed by atoms with Crippen molar-refractivity contribution < 1.29 is 30.0 Å². The zero-order chi connectivity index (χ0) is 28.8. The molecule has 0 aliphatic rings. The zero-order valence-electron chi connectivity index (χ0n) is 25.3. The van der Waals surface area contributed by atoms with Gasteiger partial charge >= 0.3 is 0 Å². The summed E-state index contributed by atoms with van der Waals surface area (Å²) in [4.78, 5) is 16.8. The van der Waals surface area contributed by atoms with Crippen LogP contribution in [0.3, 0.4) is 0 Å². The van der Waals surface area contributed by atoms with Gasteiger partial charge in [-0.25, -0.2) is 0 Å². The molecule has 4 rings (SSSR count). The first-order valence-electron chi connectivity index (χ1n) is 14.2. The summed E-state index contributed by atoms with van der Waals surface area (Å²) in [5.41, 5.74) is 3.86. The quantitative estimate of drug-likeness (QED) is 0.0856. The summed E-state index contributed by atoms with van der Waals surface area (Å²) >= 11 is 0. The van der Waals surface area contributed by atoms with Gasteiger partial charge in [0.15, 0.2) is 5.78 Å². The van der Waals surface area contributed by atoms with E-state index >= 15 is 0 Å². The number of benzene rings is 3. The first-order chi connectivity index (χ1) is 18.5. The Morgan fingerprint density at radius 2 is 1.48 bits per heavy atom. The molecular weight excluding hydrogens is 671 g/mol. The Bertz CT molecular complexity index is 1460. The topological polar surface area (TPSA) is 50.2 Å². The number of fused-ring (bicyclic) bond motifs is 3. The number of carbonyl (C=O) groups excluding carboxylic acids is 1. The van der Waals surface area contributed by atoms with E-state index in [0.29, 0.717) is 0 Å². The van der Waals surface area contributed by atoms with Crippen LogP contribution in [-0.4, -0.2) is 15.9 Å². The van der Waals surface area contributed by atoms with E-state index in [1.165, 1.54) is 33.2 Å². The molecule has 4 aromatic rings. The molecule has 0 amide bonds. The minimum absolute atomic E-state index is 0. The van der Waals surface area contributed by atoms with Crippen LogP contribution >= 0.6 is 0 Å². The standard InChI is InChI=1S/C21H16N.C15H28O2.Ir/c1-14-11-15(2)13-17(12-14)21-20-8-7-16-5-3-4-6-18(16)19(20)9-10-22-21;1-7-14(5,8-2)12(16)11-13(17)15(6,9-3)10-4;/h3-12H,1-2H3;11,16H,7-10H2,1-6H3;/q-1;;/b;12-11-;. The third kappa shape index (κ3) is 7.28. The van der Waals surface area contributed by atoms with Gasteiger partial charge < -0.3 is 10.1 Å². The molecule has 0 unspecified atom stereocenters. The van der Waals surface area contributed by atoms with Crippen molar-refractivity contribution in [1.29, 1.82) is 0 Å². The molecule has 1 N–H and O–H groups in total. The number of rotatable bonds is 8. The van der Waals surface area contributed by atoms with E-state index in [1.54, 1.807) is 0 Å². The number of aryl methyl sites for hydroxylation is 2. The van der Waals surface area contributed by atoms with E-state index < -0.39 is 0 Å². The summed E-state index contributed by atoms with van der Waals surface area (Å²) in [6.07, 6.45) is 6.65. The number of nitrogens with zero attached hydrogens (tertiary/aromatic N) is 1. The van der Waals surface area contributed by atoms with Gasteiger partial charge in [0.25, 0.3) is 0 Å². The molecule has 3 nitrogen and oxygen atoms in total. The number of hydrogen-bond acceptors (Lipinski definition) is 3. The van der Waals surface area contributed by atoms with Crippen molar-refractivity contribution in [1.82, 2.24) is 4.98 Å². The molecule has 0 saturated heterocycles. The second-order valence-corrected chi connectivity index (χ2v) is 11.2. The SMILES string of the molecule is CCC(C)(CC)C(=O)/C=C(\O)C(C)(CC)CC.Cc1[c-]c(-c2nccc3c2ccc2ccccc23)cc(C)c1.[Ir]. The van der Waals surface area contributed by atoms with Gasteiger partial charge in [0.1, 0.15) is 5.76 Å². The second kappa shape index (κ2) is 14.2. The van der Waals surface area contributed by atoms with Gasteiger partial charge in [-0.15, -0.1) is 34.9 Å². The molecule has 0 atom stereocenters. The summed E-state index contributed by atoms with van der Waals surface area (Å²) in [6.45, 7) is 16.3. The molecule has 0 aliphatic heterocycles. The molecule has 0 aliphatic carbocycles. The smallest absolute Gasteiger partial charge is 0.164 e. The number of pyridine rings is 1. The van der Waals surface area contributed by atoms with E-state index in [4.69, 9.17) is 0 Å². The van der Waals surface area contributed by atoms with Crippen LogP contribution in [0.25, 0.3) is 32.8 Å². The fraction of sp³-hybridized carbons (Fsp3) is 0.389. The fourth-order valence-corrected chi connectivity index (χ4v) is 4.86. The Morgan fingerprint density at radius 3 is 2.08 bits per heavy atom. The van der Waals surface area contributed by atoms with Gasteiger partial charge in [-0.2, -0.15) is 0 Å². The van der Waals surface area contributed by atoms with Crippen molar-refractivity contribution in [2.75, 3.05) is 0 Å². The van der Waals surface area contributed by atoms with Crippen molar-refractivity contribution >= 4 is 27.3 Å². The average Bonchev–Trinajstić information content (AvgIpc) is 2.95. The maximum absolute atomic E-state index is 12.2. The van der Waals surface area contributed by atoms with Crippen LogP contribution < -0.4 is 0 Å². The molecule has 4 heteroatoms. The average molecular weight is 715 g/mol. The van der Waals surface area contributed by atoms with Crippen molar-refractivity contribution in [3.63, 3.8) is 0 Å². The van der Waals surface area contributed by atoms with Gasteiger partial charge in [0.2, 0.25) is 0 Å². The number of aliphatic hydroxyl groups is 1. The number of hydrogen-bond donors (Lipinski definition) is 1. The molecular formula is C36H44IrNO2-. The number of allylic oxidation sites excluding steroid dienone is 2. The van der Waals surface area contributed by atoms with Crippen LogP contribution in [-0.2, 0) is 24.9 Å². The van der Waals surface area contributed by atoms with Crippen LogP contribution in [0.2, 0.25) is 0 Å². The molecule has 0 spiro atoms. The largest absolute Gasteiger partial charge is 0.512 e. The third-order valence-electron chi connectivity index (χ3n) is 8.68. The summed E-state index contributed by atoms with van der Waals surface area (Å²) in [5, 5.41) is 15.1. The molecule has 3 aromatic carbocycles. The molecule has 1 aromatic heterocycles. The summed E-state index contributed by atoms with van der Waals surface area (Å²) < 4.78 is 0. The Morgan fingerprint density at radius 1 is 0.850 bits per heavy atom. The van der Waals surface area contributed by atoms with Crippen molar-refractivity contribution in [3.8, 4) is 11.3 Å². The monoisotopic (exact) mass is 715 g/mol. The first kappa shape index (κ1) is 33.4. The minimum Gasteiger partial charge on any atom is -0.512 e. The Balaban J connectivity index is 0.000000285. The van der Waals surface area contributed by atoms with Crippen molar-refractivity contribution in [2.45, 2.75) is 81.1 Å². The normalized spacial score (nSPS) is 12.1. The van der Waals surface area contributed by atoms with Gasteiger partial charge in [0, 0.05) is 43.2 Å². The van der Waals surface area contributed by atoms with Crippen LogP contribution in [0.1, 0.15) is 78.4 Å². The Labute approximate surface area is 254 Å². The Hall–Kier alpha value is -2.81. The summed E-state index contributed by atoms with van der Waals surface area (Å²) in [5.74, 6) is 0.286. The van der Waals surface area contributed by atoms with Gasteiger partial charge in [0.05, 0.1) is 0 Å². The van der Waals surface area contributed by atoms with Gasteiger partial charge in [-0.05, 0) is 59.0 Å². The zero-order valence-corrected chi connectivity index (χ0v) is 27.7. The number of carbonyl (C=O) groups is 1. The molecule has 1 radical (unpaired) electrons. The van der Waals surface area contributed by atoms with Gasteiger partial charge in [-0.1, -0.05) is 91.8 Å². The summed E-state index contributed by atoms with van der Waals surface area (Å²) in [6, 6.07) is 22.7. The van der Waals surface area contributed by atoms with E-state index in [2.05, 4.69) is 79.5 Å². The molecule has 0 fully saturated rings. The predicted octanol–water partition coefficient (Wildman–Crippen LogP) is 10.1. The van der Waals surface area contributed by atoms with Crippen molar-refractivity contribution in [2.24, 2.45) is 10.8 Å². The van der Waals surface area contributed by atoms with Crippen LogP contribution in [0.15, 0.2) is 72.6 Å². The van der Waals surface area contributed by atoms with Crippen molar-refractivity contribution in [3.05, 3.63) is 89.8 Å². The molecule has 40 heavy (non-hydrogen) atoms. The number of ketones is 1. The second-order valence-electron chi connectivity index (χ2n) is 11.2. The maximum atomic E-state index is 12.2. The molecule has 1 heterocycles. The van der Waals surface area contributed by atoms with Crippen LogP contribution in [0.5, 0.6) is 0 Å². The number of aromatic nitrogens is 1. The molecule has 0 bridgehead atoms. The summed E-state index contributed by atoms with van der Waals surface area (Å²) in [7, 11) is 0. The van der Waals surface area contributed by atoms with Crippen LogP contribution in [0, 0.1) is 30.7 Å². The molecule has 215 valence electrons. The Kier molecular flexibility index (Phi) is 11.9. The first-order valence-corrected chi connectivity index (χ1v) is 14.2. The fourth-order valence-electron chi connectivity index (χ4n) is 4.86. The minimum atomic E-state index is -0.337. The van der Waals surface area contributed by atoms with Crippen LogP contribution in [0.4, 0.5) is 0 Å². The third-order valence-corrected chi connectivity index (χ3v) is 8.68. The predicted molar refractivity (Wildman–Crippen MR) is 166 cm³/mol. The maximum Gasteiger partial charge on any atom is 0.164 e. The van der Waals surface area contributed by atoms with E-state index in [-0.39, 0.29) is 42.5 Å². The number of aliphatic hydroxyl groups excluding tert-OH is 1. The molecule has 0 saturated carbocycles. The van der Waals surface area contributed by atoms with E-state index in [1.807, 2.05) is 47.7 Å². The van der Waals surface area contributed by atoms with E-state index in [9.17, 15) is 9.90 Å². The van der Waals surface area contributed by atoms with E-state index in [0.717, 1.165) is 42.5 Å². The van der Waals surface area contributed by atoms with Gasteiger partial charge in [-0.3, -0.25) is 4.79 Å².